The number of halogens is 1. The van der Waals surface area contributed by atoms with Crippen LogP contribution in [-0.2, 0) is 16.1 Å². The maximum Gasteiger partial charge on any atom is 0.407 e. The molecule has 3 amide bonds. The van der Waals surface area contributed by atoms with Gasteiger partial charge >= 0.3 is 6.09 Å². The fourth-order valence-corrected chi connectivity index (χ4v) is 3.78. The van der Waals surface area contributed by atoms with E-state index in [0.717, 1.165) is 12.0 Å². The van der Waals surface area contributed by atoms with Gasteiger partial charge in [-0.1, -0.05) is 23.7 Å². The van der Waals surface area contributed by atoms with E-state index in [-0.39, 0.29) is 11.8 Å². The molecule has 3 rings (SSSR count). The van der Waals surface area contributed by atoms with Crippen LogP contribution >= 0.6 is 11.6 Å². The number of carboxylic acid groups (broad SMARTS) is 1. The standard InChI is InChI=1S/C18H22ClN3O4/c19-13-7-5-12(6-8-13)11-20-16(23)14-3-1-9-21(14)17(24)15-4-2-10-22(15)18(25)26/h5-8,14-15H,1-4,9-11H2,(H,20,23)(H,25,26). The van der Waals surface area contributed by atoms with Crippen LogP contribution in [0.25, 0.3) is 0 Å². The van der Waals surface area contributed by atoms with Crippen LogP contribution in [-0.4, -0.2) is 58.0 Å². The summed E-state index contributed by atoms with van der Waals surface area (Å²) in [5, 5.41) is 12.7. The Bertz CT molecular complexity index is 694. The van der Waals surface area contributed by atoms with Crippen LogP contribution in [0, 0.1) is 0 Å². The van der Waals surface area contributed by atoms with Gasteiger partial charge in [-0.25, -0.2) is 4.79 Å². The lowest BCUT2D eigenvalue weighted by Crippen LogP contribution is -2.52. The molecule has 140 valence electrons. The Morgan fingerprint density at radius 2 is 1.65 bits per heavy atom. The molecule has 2 atom stereocenters. The fourth-order valence-electron chi connectivity index (χ4n) is 3.66. The van der Waals surface area contributed by atoms with Gasteiger partial charge in [-0.05, 0) is 43.4 Å². The molecule has 2 heterocycles. The minimum Gasteiger partial charge on any atom is -0.465 e. The van der Waals surface area contributed by atoms with Crippen molar-refractivity contribution in [2.45, 2.75) is 44.3 Å². The molecule has 0 spiro atoms. The van der Waals surface area contributed by atoms with Crippen LogP contribution in [0.3, 0.4) is 0 Å². The fraction of sp³-hybridized carbons (Fsp3) is 0.500. The van der Waals surface area contributed by atoms with E-state index < -0.39 is 18.2 Å². The Morgan fingerprint density at radius 3 is 2.31 bits per heavy atom. The number of hydrogen-bond acceptors (Lipinski definition) is 3. The monoisotopic (exact) mass is 379 g/mol. The zero-order valence-electron chi connectivity index (χ0n) is 14.4. The quantitative estimate of drug-likeness (QED) is 0.838. The van der Waals surface area contributed by atoms with E-state index in [4.69, 9.17) is 11.6 Å². The smallest absolute Gasteiger partial charge is 0.407 e. The summed E-state index contributed by atoms with van der Waals surface area (Å²) in [5.74, 6) is -0.459. The summed E-state index contributed by atoms with van der Waals surface area (Å²) in [6.45, 7) is 1.22. The van der Waals surface area contributed by atoms with Gasteiger partial charge in [-0.15, -0.1) is 0 Å². The number of carbonyl (C=O) groups excluding carboxylic acids is 2. The van der Waals surface area contributed by atoms with Gasteiger partial charge in [0.15, 0.2) is 0 Å². The van der Waals surface area contributed by atoms with Crippen molar-refractivity contribution in [1.82, 2.24) is 15.1 Å². The van der Waals surface area contributed by atoms with Gasteiger partial charge in [0.05, 0.1) is 0 Å². The number of likely N-dealkylation sites (tertiary alicyclic amines) is 2. The molecule has 2 aliphatic heterocycles. The lowest BCUT2D eigenvalue weighted by molar-refractivity contribution is -0.141. The normalized spacial score (nSPS) is 22.5. The van der Waals surface area contributed by atoms with E-state index in [1.807, 2.05) is 12.1 Å². The third kappa shape index (κ3) is 3.93. The molecular formula is C18H22ClN3O4. The number of carbonyl (C=O) groups is 3. The topological polar surface area (TPSA) is 90.0 Å². The highest BCUT2D eigenvalue weighted by Gasteiger charge is 2.42. The first-order chi connectivity index (χ1) is 12.5. The van der Waals surface area contributed by atoms with Gasteiger partial charge < -0.3 is 15.3 Å². The van der Waals surface area contributed by atoms with E-state index in [1.54, 1.807) is 17.0 Å². The van der Waals surface area contributed by atoms with Crippen LogP contribution < -0.4 is 5.32 Å². The molecule has 8 heteroatoms. The predicted molar refractivity (Wildman–Crippen MR) is 95.8 cm³/mol. The molecule has 2 fully saturated rings. The molecular weight excluding hydrogens is 358 g/mol. The Hall–Kier alpha value is -2.28. The zero-order valence-corrected chi connectivity index (χ0v) is 15.1. The molecule has 2 N–H and O–H groups in total. The molecule has 2 unspecified atom stereocenters. The van der Waals surface area contributed by atoms with Crippen LogP contribution in [0.2, 0.25) is 5.02 Å². The van der Waals surface area contributed by atoms with Crippen LogP contribution in [0.15, 0.2) is 24.3 Å². The molecule has 0 saturated carbocycles. The van der Waals surface area contributed by atoms with Crippen molar-refractivity contribution < 1.29 is 19.5 Å². The number of nitrogens with zero attached hydrogens (tertiary/aromatic N) is 2. The Labute approximate surface area is 156 Å². The zero-order chi connectivity index (χ0) is 18.7. The van der Waals surface area contributed by atoms with Crippen molar-refractivity contribution in [3.63, 3.8) is 0 Å². The Morgan fingerprint density at radius 1 is 1.04 bits per heavy atom. The van der Waals surface area contributed by atoms with Gasteiger partial charge in [0.1, 0.15) is 12.1 Å². The first-order valence-electron chi connectivity index (χ1n) is 8.79. The highest BCUT2D eigenvalue weighted by Crippen LogP contribution is 2.25. The second-order valence-corrected chi connectivity index (χ2v) is 7.10. The summed E-state index contributed by atoms with van der Waals surface area (Å²) in [4.78, 5) is 39.4. The summed E-state index contributed by atoms with van der Waals surface area (Å²) in [5.41, 5.74) is 0.923. The van der Waals surface area contributed by atoms with Gasteiger partial charge in [0.2, 0.25) is 11.8 Å². The van der Waals surface area contributed by atoms with Crippen molar-refractivity contribution in [2.75, 3.05) is 13.1 Å². The molecule has 1 aromatic carbocycles. The first-order valence-corrected chi connectivity index (χ1v) is 9.17. The predicted octanol–water partition coefficient (Wildman–Crippen LogP) is 2.09. The molecule has 0 aromatic heterocycles. The van der Waals surface area contributed by atoms with Crippen molar-refractivity contribution in [3.05, 3.63) is 34.9 Å². The molecule has 26 heavy (non-hydrogen) atoms. The molecule has 0 aliphatic carbocycles. The van der Waals surface area contributed by atoms with Crippen molar-refractivity contribution >= 4 is 29.5 Å². The number of nitrogens with one attached hydrogen (secondary N) is 1. The van der Waals surface area contributed by atoms with E-state index in [0.29, 0.717) is 43.9 Å². The third-order valence-corrected chi connectivity index (χ3v) is 5.25. The van der Waals surface area contributed by atoms with E-state index in [1.165, 1.54) is 4.90 Å². The molecule has 1 aromatic rings. The maximum absolute atomic E-state index is 12.8. The second-order valence-electron chi connectivity index (χ2n) is 6.67. The number of benzene rings is 1. The van der Waals surface area contributed by atoms with E-state index >= 15 is 0 Å². The molecule has 7 nitrogen and oxygen atoms in total. The highest BCUT2D eigenvalue weighted by molar-refractivity contribution is 6.30. The van der Waals surface area contributed by atoms with Gasteiger partial charge in [-0.2, -0.15) is 0 Å². The third-order valence-electron chi connectivity index (χ3n) is 5.00. The van der Waals surface area contributed by atoms with Crippen molar-refractivity contribution in [3.8, 4) is 0 Å². The Kier molecular flexibility index (Phi) is 5.66. The maximum atomic E-state index is 12.8. The van der Waals surface area contributed by atoms with Gasteiger partial charge in [0.25, 0.3) is 0 Å². The summed E-state index contributed by atoms with van der Waals surface area (Å²) in [7, 11) is 0. The second kappa shape index (κ2) is 7.95. The highest BCUT2D eigenvalue weighted by atomic mass is 35.5. The summed E-state index contributed by atoms with van der Waals surface area (Å²) >= 11 is 5.85. The largest absolute Gasteiger partial charge is 0.465 e. The number of amides is 3. The summed E-state index contributed by atoms with van der Waals surface area (Å²) < 4.78 is 0. The lowest BCUT2D eigenvalue weighted by atomic mass is 10.1. The molecule has 0 bridgehead atoms. The minimum atomic E-state index is -1.08. The number of hydrogen-bond donors (Lipinski definition) is 2. The molecule has 2 aliphatic rings. The number of rotatable bonds is 4. The minimum absolute atomic E-state index is 0.203. The average molecular weight is 380 g/mol. The van der Waals surface area contributed by atoms with Gasteiger partial charge in [0, 0.05) is 24.7 Å². The summed E-state index contributed by atoms with van der Waals surface area (Å²) in [6.07, 6.45) is 1.44. The van der Waals surface area contributed by atoms with Crippen LogP contribution in [0.1, 0.15) is 31.2 Å². The van der Waals surface area contributed by atoms with Crippen molar-refractivity contribution in [1.29, 1.82) is 0 Å². The Balaban J connectivity index is 1.61. The molecule has 0 radical (unpaired) electrons. The van der Waals surface area contributed by atoms with Crippen molar-refractivity contribution in [2.24, 2.45) is 0 Å². The van der Waals surface area contributed by atoms with E-state index in [9.17, 15) is 19.5 Å². The first kappa shape index (κ1) is 18.5. The average Bonchev–Trinajstić information content (AvgIpc) is 3.29. The molecule has 2 saturated heterocycles. The van der Waals surface area contributed by atoms with Crippen LogP contribution in [0.4, 0.5) is 4.79 Å². The van der Waals surface area contributed by atoms with Crippen LogP contribution in [0.5, 0.6) is 0 Å². The lowest BCUT2D eigenvalue weighted by Gasteiger charge is -2.29. The van der Waals surface area contributed by atoms with E-state index in [2.05, 4.69) is 5.32 Å². The summed E-state index contributed by atoms with van der Waals surface area (Å²) in [6, 6.07) is 5.99. The SMILES string of the molecule is O=C(NCc1ccc(Cl)cc1)C1CCCN1C(=O)C1CCCN1C(=O)O. The van der Waals surface area contributed by atoms with Gasteiger partial charge in [-0.3, -0.25) is 14.5 Å².